The molecule has 2 nitrogen and oxygen atoms in total. The minimum atomic E-state index is -0.00781. The van der Waals surface area contributed by atoms with Gasteiger partial charge in [0, 0.05) is 11.1 Å². The normalized spacial score (nSPS) is 15.9. The van der Waals surface area contributed by atoms with Crippen molar-refractivity contribution < 1.29 is 0 Å². The number of benzene rings is 1. The Morgan fingerprint density at radius 1 is 1.15 bits per heavy atom. The van der Waals surface area contributed by atoms with Gasteiger partial charge in [-0.25, -0.2) is 0 Å². The van der Waals surface area contributed by atoms with Gasteiger partial charge in [0.25, 0.3) is 0 Å². The molecule has 0 aromatic heterocycles. The van der Waals surface area contributed by atoms with Crippen LogP contribution in [0.4, 0.5) is 0 Å². The second kappa shape index (κ2) is 5.66. The fraction of sp³-hybridized carbons (Fsp3) is 0.389. The Labute approximate surface area is 122 Å². The zero-order chi connectivity index (χ0) is 14.8. The highest BCUT2D eigenvalue weighted by Crippen LogP contribution is 2.33. The maximum Gasteiger partial charge on any atom is 0.0546 e. The second-order valence-electron chi connectivity index (χ2n) is 6.54. The Balaban J connectivity index is 2.27. The Bertz CT molecular complexity index is 584. The molecule has 0 saturated heterocycles. The maximum atomic E-state index is 4.37. The molecule has 2 heteroatoms. The van der Waals surface area contributed by atoms with E-state index in [9.17, 15) is 0 Å². The van der Waals surface area contributed by atoms with Crippen molar-refractivity contribution >= 4 is 11.8 Å². The molecule has 1 aliphatic rings. The number of rotatable bonds is 3. The lowest BCUT2D eigenvalue weighted by atomic mass is 9.96. The monoisotopic (exact) mass is 268 g/mol. The first kappa shape index (κ1) is 14.6. The molecule has 1 aliphatic carbocycles. The maximum absolute atomic E-state index is 4.37. The number of nitrogens with one attached hydrogen (secondary N) is 1. The highest BCUT2D eigenvalue weighted by molar-refractivity contribution is 5.90. The van der Waals surface area contributed by atoms with Gasteiger partial charge in [0.2, 0.25) is 0 Å². The number of hydrogen-bond acceptors (Lipinski definition) is 2. The molecule has 0 heterocycles. The zero-order valence-corrected chi connectivity index (χ0v) is 13.1. The molecule has 0 atom stereocenters. The fourth-order valence-corrected chi connectivity index (χ4v) is 2.41. The standard InChI is InChI=1S/C18H24N2/c1-13-10-14(2)17(11-13)16-9-7-6-8-15(16)12-19-20-18(3,4)5/h6-10,12,20H,11H2,1-5H3. The Morgan fingerprint density at radius 2 is 1.85 bits per heavy atom. The number of nitrogens with zero attached hydrogens (tertiary/aromatic N) is 1. The van der Waals surface area contributed by atoms with Gasteiger partial charge in [0.1, 0.15) is 0 Å². The summed E-state index contributed by atoms with van der Waals surface area (Å²) in [6.07, 6.45) is 5.24. The molecule has 0 amide bonds. The van der Waals surface area contributed by atoms with Gasteiger partial charge in [-0.05, 0) is 57.7 Å². The van der Waals surface area contributed by atoms with E-state index in [2.05, 4.69) is 75.5 Å². The molecule has 106 valence electrons. The third-order valence-corrected chi connectivity index (χ3v) is 3.28. The van der Waals surface area contributed by atoms with Crippen LogP contribution in [-0.4, -0.2) is 11.8 Å². The summed E-state index contributed by atoms with van der Waals surface area (Å²) in [6, 6.07) is 8.46. The van der Waals surface area contributed by atoms with Crippen LogP contribution in [0, 0.1) is 0 Å². The minimum absolute atomic E-state index is 0.00781. The van der Waals surface area contributed by atoms with Crippen molar-refractivity contribution in [3.05, 3.63) is 52.6 Å². The van der Waals surface area contributed by atoms with Crippen molar-refractivity contribution in [1.82, 2.24) is 5.43 Å². The average molecular weight is 268 g/mol. The van der Waals surface area contributed by atoms with Gasteiger partial charge in [0.15, 0.2) is 0 Å². The molecule has 20 heavy (non-hydrogen) atoms. The van der Waals surface area contributed by atoms with Crippen LogP contribution in [0.5, 0.6) is 0 Å². The number of allylic oxidation sites excluding steroid dienone is 4. The lowest BCUT2D eigenvalue weighted by Crippen LogP contribution is -2.31. The molecule has 0 radical (unpaired) electrons. The molecule has 0 aliphatic heterocycles. The summed E-state index contributed by atoms with van der Waals surface area (Å²) in [6.45, 7) is 10.7. The van der Waals surface area contributed by atoms with E-state index >= 15 is 0 Å². The third kappa shape index (κ3) is 3.60. The molecule has 0 saturated carbocycles. The van der Waals surface area contributed by atoms with Gasteiger partial charge in [-0.2, -0.15) is 5.10 Å². The lowest BCUT2D eigenvalue weighted by molar-refractivity contribution is 0.442. The van der Waals surface area contributed by atoms with Crippen LogP contribution in [0.25, 0.3) is 5.57 Å². The van der Waals surface area contributed by atoms with Gasteiger partial charge in [-0.1, -0.05) is 35.9 Å². The second-order valence-corrected chi connectivity index (χ2v) is 6.54. The highest BCUT2D eigenvalue weighted by atomic mass is 15.3. The van der Waals surface area contributed by atoms with E-state index in [0.29, 0.717) is 0 Å². The van der Waals surface area contributed by atoms with Crippen LogP contribution < -0.4 is 5.43 Å². The summed E-state index contributed by atoms with van der Waals surface area (Å²) in [7, 11) is 0. The van der Waals surface area contributed by atoms with E-state index in [4.69, 9.17) is 0 Å². The molecule has 2 rings (SSSR count). The first-order valence-electron chi connectivity index (χ1n) is 7.13. The molecular weight excluding hydrogens is 244 g/mol. The van der Waals surface area contributed by atoms with Crippen molar-refractivity contribution in [3.8, 4) is 0 Å². The fourth-order valence-electron chi connectivity index (χ4n) is 2.41. The first-order chi connectivity index (χ1) is 9.37. The van der Waals surface area contributed by atoms with E-state index in [1.165, 1.54) is 27.8 Å². The molecule has 1 aromatic carbocycles. The smallest absolute Gasteiger partial charge is 0.0546 e. The van der Waals surface area contributed by atoms with Gasteiger partial charge >= 0.3 is 0 Å². The van der Waals surface area contributed by atoms with E-state index in [0.717, 1.165) is 6.42 Å². The molecule has 1 aromatic rings. The summed E-state index contributed by atoms with van der Waals surface area (Å²) < 4.78 is 0. The van der Waals surface area contributed by atoms with Crippen LogP contribution in [0.2, 0.25) is 0 Å². The van der Waals surface area contributed by atoms with E-state index < -0.39 is 0 Å². The van der Waals surface area contributed by atoms with Crippen LogP contribution in [0.3, 0.4) is 0 Å². The van der Waals surface area contributed by atoms with Crippen LogP contribution >= 0.6 is 0 Å². The van der Waals surface area contributed by atoms with Gasteiger partial charge < -0.3 is 5.43 Å². The molecule has 1 N–H and O–H groups in total. The van der Waals surface area contributed by atoms with Gasteiger partial charge in [-0.15, -0.1) is 0 Å². The first-order valence-corrected chi connectivity index (χ1v) is 7.13. The Hall–Kier alpha value is -1.83. The summed E-state index contributed by atoms with van der Waals surface area (Å²) >= 11 is 0. The predicted octanol–water partition coefficient (Wildman–Crippen LogP) is 4.53. The highest BCUT2D eigenvalue weighted by Gasteiger charge is 2.14. The van der Waals surface area contributed by atoms with E-state index in [-0.39, 0.29) is 5.54 Å². The van der Waals surface area contributed by atoms with Gasteiger partial charge in [-0.3, -0.25) is 0 Å². The van der Waals surface area contributed by atoms with Crippen molar-refractivity contribution in [3.63, 3.8) is 0 Å². The van der Waals surface area contributed by atoms with Crippen LogP contribution in [-0.2, 0) is 0 Å². The minimum Gasteiger partial charge on any atom is -0.305 e. The number of hydrogen-bond donors (Lipinski definition) is 1. The summed E-state index contributed by atoms with van der Waals surface area (Å²) in [5, 5.41) is 4.37. The van der Waals surface area contributed by atoms with Crippen molar-refractivity contribution in [1.29, 1.82) is 0 Å². The quantitative estimate of drug-likeness (QED) is 0.632. The topological polar surface area (TPSA) is 24.4 Å². The molecule has 0 unspecified atom stereocenters. The van der Waals surface area contributed by atoms with Crippen LogP contribution in [0.1, 0.15) is 52.2 Å². The summed E-state index contributed by atoms with van der Waals surface area (Å²) in [5.41, 5.74) is 9.81. The van der Waals surface area contributed by atoms with Gasteiger partial charge in [0.05, 0.1) is 6.21 Å². The SMILES string of the molecule is CC1=CC(C)=C(c2ccccc2C=NNC(C)(C)C)C1. The summed E-state index contributed by atoms with van der Waals surface area (Å²) in [4.78, 5) is 0. The molecule has 0 spiro atoms. The Kier molecular flexibility index (Phi) is 4.12. The lowest BCUT2D eigenvalue weighted by Gasteiger charge is -2.17. The van der Waals surface area contributed by atoms with Crippen molar-refractivity contribution in [2.24, 2.45) is 5.10 Å². The summed E-state index contributed by atoms with van der Waals surface area (Å²) in [5.74, 6) is 0. The van der Waals surface area contributed by atoms with E-state index in [1.807, 2.05) is 6.21 Å². The molecular formula is C18H24N2. The largest absolute Gasteiger partial charge is 0.305 e. The zero-order valence-electron chi connectivity index (χ0n) is 13.1. The van der Waals surface area contributed by atoms with Crippen molar-refractivity contribution in [2.45, 2.75) is 46.6 Å². The molecule has 0 bridgehead atoms. The Morgan fingerprint density at radius 3 is 2.45 bits per heavy atom. The van der Waals surface area contributed by atoms with E-state index in [1.54, 1.807) is 0 Å². The van der Waals surface area contributed by atoms with Crippen molar-refractivity contribution in [2.75, 3.05) is 0 Å². The predicted molar refractivity (Wildman–Crippen MR) is 87.9 cm³/mol. The average Bonchev–Trinajstić information content (AvgIpc) is 2.67. The van der Waals surface area contributed by atoms with Crippen LogP contribution in [0.15, 0.2) is 46.6 Å². The molecule has 0 fully saturated rings. The number of hydrazone groups is 1. The third-order valence-electron chi connectivity index (χ3n) is 3.28.